The molecule has 0 heteroatoms. The van der Waals surface area contributed by atoms with E-state index in [0.29, 0.717) is 0 Å². The van der Waals surface area contributed by atoms with Crippen LogP contribution in [0, 0.1) is 35.5 Å². The van der Waals surface area contributed by atoms with Gasteiger partial charge < -0.3 is 0 Å². The van der Waals surface area contributed by atoms with E-state index >= 15 is 0 Å². The second-order valence-electron chi connectivity index (χ2n) is 5.68. The molecule has 0 spiro atoms. The van der Waals surface area contributed by atoms with Crippen LogP contribution >= 0.6 is 0 Å². The maximum absolute atomic E-state index is 2.47. The van der Waals surface area contributed by atoms with Gasteiger partial charge in [-0.25, -0.2) is 0 Å². The topological polar surface area (TPSA) is 0 Å². The maximum Gasteiger partial charge on any atom is -0.0349 e. The molecule has 76 valence electrons. The molecular formula is C13H24. The fourth-order valence-electron chi connectivity index (χ4n) is 3.76. The van der Waals surface area contributed by atoms with Crippen molar-refractivity contribution in [2.75, 3.05) is 0 Å². The highest BCUT2D eigenvalue weighted by Gasteiger charge is 2.51. The summed E-state index contributed by atoms with van der Waals surface area (Å²) in [6.07, 6.45) is 4.46. The Labute approximate surface area is 83.1 Å². The number of fused-ring (bicyclic) bond motifs is 1. The molecular weight excluding hydrogens is 156 g/mol. The summed E-state index contributed by atoms with van der Waals surface area (Å²) >= 11 is 0. The van der Waals surface area contributed by atoms with Gasteiger partial charge in [0.2, 0.25) is 0 Å². The molecule has 2 aliphatic carbocycles. The van der Waals surface area contributed by atoms with E-state index in [1.165, 1.54) is 12.8 Å². The van der Waals surface area contributed by atoms with Crippen LogP contribution in [-0.2, 0) is 0 Å². The highest BCUT2D eigenvalue weighted by molar-refractivity contribution is 5.00. The Kier molecular flexibility index (Phi) is 2.42. The third kappa shape index (κ3) is 1.33. The molecule has 0 radical (unpaired) electrons. The fraction of sp³-hybridized carbons (Fsp3) is 1.00. The van der Waals surface area contributed by atoms with Gasteiger partial charge in [0.15, 0.2) is 0 Å². The van der Waals surface area contributed by atoms with Gasteiger partial charge in [0.25, 0.3) is 0 Å². The summed E-state index contributed by atoms with van der Waals surface area (Å²) in [5.74, 6) is 6.31. The van der Waals surface area contributed by atoms with Crippen molar-refractivity contribution in [3.8, 4) is 0 Å². The van der Waals surface area contributed by atoms with Crippen LogP contribution in [0.2, 0.25) is 0 Å². The molecule has 0 saturated heterocycles. The predicted octanol–water partition coefficient (Wildman–Crippen LogP) is 3.96. The quantitative estimate of drug-likeness (QED) is 0.603. The van der Waals surface area contributed by atoms with Crippen LogP contribution in [-0.4, -0.2) is 0 Å². The summed E-state index contributed by atoms with van der Waals surface area (Å²) in [4.78, 5) is 0. The van der Waals surface area contributed by atoms with E-state index in [2.05, 4.69) is 27.7 Å². The number of hydrogen-bond donors (Lipinski definition) is 0. The third-order valence-corrected chi connectivity index (χ3v) is 5.24. The van der Waals surface area contributed by atoms with Gasteiger partial charge in [-0.3, -0.25) is 0 Å². The Morgan fingerprint density at radius 2 is 1.85 bits per heavy atom. The molecule has 2 rings (SSSR count). The van der Waals surface area contributed by atoms with Crippen molar-refractivity contribution in [2.24, 2.45) is 35.5 Å². The van der Waals surface area contributed by atoms with Crippen molar-refractivity contribution in [3.05, 3.63) is 0 Å². The van der Waals surface area contributed by atoms with E-state index in [9.17, 15) is 0 Å². The minimum atomic E-state index is 0.985. The molecule has 2 aliphatic rings. The Hall–Kier alpha value is 0. The minimum absolute atomic E-state index is 0.985. The molecule has 6 atom stereocenters. The largest absolute Gasteiger partial charge is 0.0651 e. The first-order chi connectivity index (χ1) is 6.15. The van der Waals surface area contributed by atoms with E-state index < -0.39 is 0 Å². The molecule has 0 bridgehead atoms. The zero-order valence-corrected chi connectivity index (χ0v) is 9.59. The molecule has 0 aromatic carbocycles. The van der Waals surface area contributed by atoms with Crippen LogP contribution in [0.3, 0.4) is 0 Å². The van der Waals surface area contributed by atoms with Crippen LogP contribution in [0.4, 0.5) is 0 Å². The Balaban J connectivity index is 1.96. The van der Waals surface area contributed by atoms with Gasteiger partial charge in [0.05, 0.1) is 0 Å². The molecule has 0 amide bonds. The second kappa shape index (κ2) is 3.29. The van der Waals surface area contributed by atoms with Gasteiger partial charge >= 0.3 is 0 Å². The molecule has 2 saturated carbocycles. The average molecular weight is 180 g/mol. The Morgan fingerprint density at radius 1 is 1.15 bits per heavy atom. The molecule has 2 fully saturated rings. The highest BCUT2D eigenvalue weighted by Crippen LogP contribution is 2.58. The lowest BCUT2D eigenvalue weighted by Gasteiger charge is -2.45. The molecule has 6 unspecified atom stereocenters. The van der Waals surface area contributed by atoms with Crippen LogP contribution in [0.25, 0.3) is 0 Å². The first kappa shape index (κ1) is 9.55. The van der Waals surface area contributed by atoms with E-state index in [-0.39, 0.29) is 0 Å². The first-order valence-electron chi connectivity index (χ1n) is 6.15. The molecule has 0 aliphatic heterocycles. The molecule has 13 heavy (non-hydrogen) atoms. The van der Waals surface area contributed by atoms with Gasteiger partial charge in [-0.1, -0.05) is 34.1 Å². The van der Waals surface area contributed by atoms with Crippen LogP contribution in [0.5, 0.6) is 0 Å². The van der Waals surface area contributed by atoms with Crippen molar-refractivity contribution in [2.45, 2.75) is 47.0 Å². The van der Waals surface area contributed by atoms with Crippen LogP contribution in [0.15, 0.2) is 0 Å². The Bertz CT molecular complexity index is 184. The summed E-state index contributed by atoms with van der Waals surface area (Å²) in [5, 5.41) is 0. The van der Waals surface area contributed by atoms with Crippen LogP contribution in [0.1, 0.15) is 47.0 Å². The molecule has 0 heterocycles. The predicted molar refractivity (Wildman–Crippen MR) is 57.5 cm³/mol. The summed E-state index contributed by atoms with van der Waals surface area (Å²) in [6.45, 7) is 9.73. The highest BCUT2D eigenvalue weighted by atomic mass is 14.6. The summed E-state index contributed by atoms with van der Waals surface area (Å²) in [5.41, 5.74) is 0. The lowest BCUT2D eigenvalue weighted by atomic mass is 9.60. The van der Waals surface area contributed by atoms with Gasteiger partial charge in [-0.2, -0.15) is 0 Å². The lowest BCUT2D eigenvalue weighted by molar-refractivity contribution is 0.0344. The van der Waals surface area contributed by atoms with Crippen molar-refractivity contribution in [1.29, 1.82) is 0 Å². The van der Waals surface area contributed by atoms with Gasteiger partial charge in [-0.15, -0.1) is 0 Å². The van der Waals surface area contributed by atoms with E-state index in [1.807, 2.05) is 0 Å². The fourth-order valence-corrected chi connectivity index (χ4v) is 3.76. The zero-order valence-electron chi connectivity index (χ0n) is 9.59. The van der Waals surface area contributed by atoms with Gasteiger partial charge in [0.1, 0.15) is 0 Å². The van der Waals surface area contributed by atoms with Gasteiger partial charge in [-0.05, 0) is 48.3 Å². The first-order valence-corrected chi connectivity index (χ1v) is 6.15. The third-order valence-electron chi connectivity index (χ3n) is 5.24. The second-order valence-corrected chi connectivity index (χ2v) is 5.68. The van der Waals surface area contributed by atoms with Crippen molar-refractivity contribution in [3.63, 3.8) is 0 Å². The van der Waals surface area contributed by atoms with Crippen molar-refractivity contribution < 1.29 is 0 Å². The summed E-state index contributed by atoms with van der Waals surface area (Å²) in [6, 6.07) is 0. The molecule has 0 aromatic heterocycles. The summed E-state index contributed by atoms with van der Waals surface area (Å²) in [7, 11) is 0. The number of hydrogen-bond acceptors (Lipinski definition) is 0. The standard InChI is InChI=1S/C13H24/c1-5-8(2)11-7-12-10(4)9(3)6-13(11)12/h8-13H,5-7H2,1-4H3. The van der Waals surface area contributed by atoms with E-state index in [1.54, 1.807) is 6.42 Å². The lowest BCUT2D eigenvalue weighted by Crippen LogP contribution is -2.38. The van der Waals surface area contributed by atoms with Crippen molar-refractivity contribution in [1.82, 2.24) is 0 Å². The zero-order chi connectivity index (χ0) is 9.59. The molecule has 0 aromatic rings. The minimum Gasteiger partial charge on any atom is -0.0651 e. The molecule has 0 nitrogen and oxygen atoms in total. The maximum atomic E-state index is 2.47. The normalized spacial score (nSPS) is 51.2. The number of rotatable bonds is 2. The van der Waals surface area contributed by atoms with E-state index in [4.69, 9.17) is 0 Å². The average Bonchev–Trinajstić information content (AvgIpc) is 2.29. The van der Waals surface area contributed by atoms with Crippen LogP contribution < -0.4 is 0 Å². The molecule has 0 N–H and O–H groups in total. The monoisotopic (exact) mass is 180 g/mol. The Morgan fingerprint density at radius 3 is 2.38 bits per heavy atom. The SMILES string of the molecule is CCC(C)C1CC2C(C)C(C)CC12. The summed E-state index contributed by atoms with van der Waals surface area (Å²) < 4.78 is 0. The smallest absolute Gasteiger partial charge is 0.0349 e. The van der Waals surface area contributed by atoms with Crippen molar-refractivity contribution >= 4 is 0 Å². The van der Waals surface area contributed by atoms with Gasteiger partial charge in [0, 0.05) is 0 Å². The van der Waals surface area contributed by atoms with E-state index in [0.717, 1.165) is 35.5 Å².